The number of nitrogens with zero attached hydrogens (tertiary/aromatic N) is 2. The molecule has 110 valence electrons. The molecular formula is C15H23N3OS. The number of hydrogen-bond acceptors (Lipinski definition) is 4. The lowest BCUT2D eigenvalue weighted by molar-refractivity contribution is -0.113. The third-order valence-corrected chi connectivity index (χ3v) is 4.38. The predicted molar refractivity (Wildman–Crippen MR) is 86.5 cm³/mol. The van der Waals surface area contributed by atoms with Crippen molar-refractivity contribution in [3.05, 3.63) is 18.3 Å². The van der Waals surface area contributed by atoms with Gasteiger partial charge in [-0.3, -0.25) is 4.79 Å². The quantitative estimate of drug-likeness (QED) is 0.926. The van der Waals surface area contributed by atoms with Crippen LogP contribution in [0.25, 0.3) is 0 Å². The summed E-state index contributed by atoms with van der Waals surface area (Å²) >= 11 is 1.65. The average Bonchev–Trinajstić information content (AvgIpc) is 2.90. The fourth-order valence-electron chi connectivity index (χ4n) is 2.14. The summed E-state index contributed by atoms with van der Waals surface area (Å²) in [5.41, 5.74) is 0.828. The molecule has 1 saturated heterocycles. The summed E-state index contributed by atoms with van der Waals surface area (Å²) in [6.07, 6.45) is 4.18. The molecule has 0 aliphatic carbocycles. The zero-order chi connectivity index (χ0) is 14.6. The molecular weight excluding hydrogens is 270 g/mol. The first-order valence-electron chi connectivity index (χ1n) is 7.09. The number of amides is 1. The van der Waals surface area contributed by atoms with E-state index in [1.54, 1.807) is 18.0 Å². The maximum atomic E-state index is 12.0. The van der Waals surface area contributed by atoms with Gasteiger partial charge < -0.3 is 10.2 Å². The van der Waals surface area contributed by atoms with E-state index < -0.39 is 0 Å². The molecule has 20 heavy (non-hydrogen) atoms. The van der Waals surface area contributed by atoms with Crippen LogP contribution in [-0.4, -0.2) is 34.5 Å². The molecule has 0 unspecified atom stereocenters. The molecule has 0 bridgehead atoms. The van der Waals surface area contributed by atoms with E-state index in [0.29, 0.717) is 5.75 Å². The lowest BCUT2D eigenvalue weighted by Gasteiger charge is -2.21. The molecule has 0 radical (unpaired) electrons. The molecule has 1 aliphatic heterocycles. The lowest BCUT2D eigenvalue weighted by Crippen LogP contribution is -2.23. The Hall–Kier alpha value is -1.23. The van der Waals surface area contributed by atoms with Crippen LogP contribution in [0.2, 0.25) is 0 Å². The van der Waals surface area contributed by atoms with Crippen molar-refractivity contribution in [1.82, 2.24) is 4.98 Å². The first-order valence-corrected chi connectivity index (χ1v) is 8.08. The number of hydrogen-bond donors (Lipinski definition) is 1. The van der Waals surface area contributed by atoms with Crippen molar-refractivity contribution in [1.29, 1.82) is 0 Å². The fraction of sp³-hybridized carbons (Fsp3) is 0.600. The van der Waals surface area contributed by atoms with Gasteiger partial charge in [-0.25, -0.2) is 4.98 Å². The number of carbonyl (C=O) groups excluding carboxylic acids is 1. The first-order chi connectivity index (χ1) is 9.46. The van der Waals surface area contributed by atoms with Crippen molar-refractivity contribution in [2.75, 3.05) is 29.1 Å². The van der Waals surface area contributed by atoms with Gasteiger partial charge in [-0.2, -0.15) is 0 Å². The van der Waals surface area contributed by atoms with Gasteiger partial charge in [0.1, 0.15) is 0 Å². The Morgan fingerprint density at radius 1 is 1.40 bits per heavy atom. The fourth-order valence-corrected chi connectivity index (χ4v) is 2.78. The molecule has 0 aromatic carbocycles. The van der Waals surface area contributed by atoms with Crippen LogP contribution < -0.4 is 10.2 Å². The summed E-state index contributed by atoms with van der Waals surface area (Å²) in [5, 5.41) is 3.00. The summed E-state index contributed by atoms with van der Waals surface area (Å²) in [7, 11) is 0. The molecule has 2 rings (SSSR count). The van der Waals surface area contributed by atoms with Gasteiger partial charge in [0.15, 0.2) is 5.82 Å². The van der Waals surface area contributed by atoms with Gasteiger partial charge >= 0.3 is 0 Å². The number of nitrogens with one attached hydrogen (secondary N) is 1. The summed E-state index contributed by atoms with van der Waals surface area (Å²) in [6, 6.07) is 3.80. The lowest BCUT2D eigenvalue weighted by atomic mass is 10.3. The average molecular weight is 293 g/mol. The van der Waals surface area contributed by atoms with Crippen LogP contribution in [-0.2, 0) is 4.79 Å². The van der Waals surface area contributed by atoms with Crippen molar-refractivity contribution >= 4 is 29.2 Å². The Labute approximate surface area is 125 Å². The van der Waals surface area contributed by atoms with E-state index in [9.17, 15) is 4.79 Å². The third kappa shape index (κ3) is 4.40. The molecule has 1 fully saturated rings. The topological polar surface area (TPSA) is 45.2 Å². The number of rotatable bonds is 4. The Balaban J connectivity index is 2.00. The number of anilines is 2. The van der Waals surface area contributed by atoms with Crippen LogP contribution in [0, 0.1) is 0 Å². The molecule has 0 atom stereocenters. The monoisotopic (exact) mass is 293 g/mol. The second-order valence-corrected chi connectivity index (χ2v) is 7.82. The minimum absolute atomic E-state index is 0.0402. The second-order valence-electron chi connectivity index (χ2n) is 6.02. The van der Waals surface area contributed by atoms with Crippen molar-refractivity contribution in [3.8, 4) is 0 Å². The smallest absolute Gasteiger partial charge is 0.234 e. The molecule has 2 heterocycles. The Bertz CT molecular complexity index is 464. The highest BCUT2D eigenvalue weighted by atomic mass is 32.2. The van der Waals surface area contributed by atoms with Crippen LogP contribution in [0.1, 0.15) is 33.6 Å². The van der Waals surface area contributed by atoms with E-state index in [2.05, 4.69) is 36.0 Å². The van der Waals surface area contributed by atoms with E-state index in [-0.39, 0.29) is 10.7 Å². The van der Waals surface area contributed by atoms with Gasteiger partial charge in [0.25, 0.3) is 0 Å². The summed E-state index contributed by atoms with van der Waals surface area (Å²) in [6.45, 7) is 8.40. The molecule has 1 N–H and O–H groups in total. The van der Waals surface area contributed by atoms with Crippen molar-refractivity contribution in [3.63, 3.8) is 0 Å². The standard InChI is InChI=1S/C15H23N3OS/c1-15(2,3)20-11-13(19)17-12-7-6-8-16-14(12)18-9-4-5-10-18/h6-8H,4-5,9-11H2,1-3H3,(H,17,19). The highest BCUT2D eigenvalue weighted by Crippen LogP contribution is 2.27. The SMILES string of the molecule is CC(C)(C)SCC(=O)Nc1cccnc1N1CCCC1. The zero-order valence-corrected chi connectivity index (χ0v) is 13.3. The molecule has 1 amide bonds. The van der Waals surface area contributed by atoms with Crippen LogP contribution in [0.4, 0.5) is 11.5 Å². The number of pyridine rings is 1. The Morgan fingerprint density at radius 3 is 2.75 bits per heavy atom. The third-order valence-electron chi connectivity index (χ3n) is 3.10. The van der Waals surface area contributed by atoms with E-state index >= 15 is 0 Å². The Kier molecular flexibility index (Phi) is 4.91. The van der Waals surface area contributed by atoms with Crippen LogP contribution in [0.5, 0.6) is 0 Å². The van der Waals surface area contributed by atoms with Gasteiger partial charge in [0, 0.05) is 24.0 Å². The van der Waals surface area contributed by atoms with E-state index in [1.807, 2.05) is 12.1 Å². The molecule has 5 heteroatoms. The molecule has 1 aromatic rings. The van der Waals surface area contributed by atoms with Crippen molar-refractivity contribution in [2.24, 2.45) is 0 Å². The highest BCUT2D eigenvalue weighted by molar-refractivity contribution is 8.01. The molecule has 4 nitrogen and oxygen atoms in total. The van der Waals surface area contributed by atoms with E-state index in [0.717, 1.165) is 24.6 Å². The summed E-state index contributed by atoms with van der Waals surface area (Å²) in [5.74, 6) is 1.41. The number of thioether (sulfide) groups is 1. The highest BCUT2D eigenvalue weighted by Gasteiger charge is 2.19. The Morgan fingerprint density at radius 2 is 2.10 bits per heavy atom. The number of carbonyl (C=O) groups is 1. The molecule has 0 spiro atoms. The first kappa shape index (κ1) is 15.2. The summed E-state index contributed by atoms with van der Waals surface area (Å²) < 4.78 is 0.101. The van der Waals surface area contributed by atoms with Crippen molar-refractivity contribution in [2.45, 2.75) is 38.4 Å². The predicted octanol–water partition coefficient (Wildman–Crippen LogP) is 3.15. The van der Waals surface area contributed by atoms with E-state index in [4.69, 9.17) is 0 Å². The molecule has 1 aromatic heterocycles. The minimum atomic E-state index is 0.0402. The van der Waals surface area contributed by atoms with Crippen LogP contribution in [0.15, 0.2) is 18.3 Å². The van der Waals surface area contributed by atoms with Gasteiger partial charge in [-0.15, -0.1) is 11.8 Å². The van der Waals surface area contributed by atoms with Gasteiger partial charge in [-0.1, -0.05) is 20.8 Å². The normalized spacial score (nSPS) is 15.4. The van der Waals surface area contributed by atoms with E-state index in [1.165, 1.54) is 12.8 Å². The van der Waals surface area contributed by atoms with Gasteiger partial charge in [-0.05, 0) is 25.0 Å². The zero-order valence-electron chi connectivity index (χ0n) is 12.5. The van der Waals surface area contributed by atoms with Crippen LogP contribution in [0.3, 0.4) is 0 Å². The number of aromatic nitrogens is 1. The minimum Gasteiger partial charge on any atom is -0.355 e. The second kappa shape index (κ2) is 6.48. The van der Waals surface area contributed by atoms with Gasteiger partial charge in [0.2, 0.25) is 5.91 Å². The van der Waals surface area contributed by atoms with Crippen molar-refractivity contribution < 1.29 is 4.79 Å². The molecule has 1 aliphatic rings. The van der Waals surface area contributed by atoms with Crippen LogP contribution >= 0.6 is 11.8 Å². The molecule has 0 saturated carbocycles. The maximum absolute atomic E-state index is 12.0. The maximum Gasteiger partial charge on any atom is 0.234 e. The summed E-state index contributed by atoms with van der Waals surface area (Å²) in [4.78, 5) is 18.7. The largest absolute Gasteiger partial charge is 0.355 e. The van der Waals surface area contributed by atoms with Gasteiger partial charge in [0.05, 0.1) is 11.4 Å².